The molecule has 2 unspecified atom stereocenters. The molecule has 2 N–H and O–H groups in total. The lowest BCUT2D eigenvalue weighted by Gasteiger charge is -2.10. The summed E-state index contributed by atoms with van der Waals surface area (Å²) in [5, 5.41) is 6.79. The zero-order valence-electron chi connectivity index (χ0n) is 15.0. The van der Waals surface area contributed by atoms with Gasteiger partial charge in [-0.3, -0.25) is 4.99 Å². The van der Waals surface area contributed by atoms with Crippen molar-refractivity contribution in [2.24, 2.45) is 10.9 Å². The largest absolute Gasteiger partial charge is 0.381 e. The van der Waals surface area contributed by atoms with E-state index in [2.05, 4.69) is 53.7 Å². The van der Waals surface area contributed by atoms with Gasteiger partial charge in [-0.2, -0.15) is 0 Å². The predicted octanol–water partition coefficient (Wildman–Crippen LogP) is 3.61. The molecule has 1 aliphatic rings. The summed E-state index contributed by atoms with van der Waals surface area (Å²) in [6, 6.07) is 11.1. The normalized spacial score (nSPS) is 19.5. The van der Waals surface area contributed by atoms with Gasteiger partial charge < -0.3 is 15.4 Å². The topological polar surface area (TPSA) is 45.7 Å². The van der Waals surface area contributed by atoms with Crippen molar-refractivity contribution in [3.05, 3.63) is 35.9 Å². The minimum atomic E-state index is 0. The summed E-state index contributed by atoms with van der Waals surface area (Å²) in [6.07, 6.45) is 4.40. The van der Waals surface area contributed by atoms with Crippen LogP contribution in [0, 0.1) is 5.92 Å². The molecule has 0 aliphatic heterocycles. The van der Waals surface area contributed by atoms with Crippen LogP contribution in [0.5, 0.6) is 0 Å². The van der Waals surface area contributed by atoms with Gasteiger partial charge in [-0.1, -0.05) is 37.3 Å². The van der Waals surface area contributed by atoms with E-state index >= 15 is 0 Å². The van der Waals surface area contributed by atoms with Crippen LogP contribution in [0.2, 0.25) is 0 Å². The van der Waals surface area contributed by atoms with E-state index in [9.17, 15) is 0 Å². The highest BCUT2D eigenvalue weighted by atomic mass is 127. The lowest BCUT2D eigenvalue weighted by molar-refractivity contribution is 0.134. The summed E-state index contributed by atoms with van der Waals surface area (Å²) in [7, 11) is 0. The second-order valence-corrected chi connectivity index (χ2v) is 6.28. The number of guanidine groups is 1. The van der Waals surface area contributed by atoms with Gasteiger partial charge in [0, 0.05) is 25.7 Å². The molecule has 1 aliphatic carbocycles. The summed E-state index contributed by atoms with van der Waals surface area (Å²) < 4.78 is 5.70. The number of ether oxygens (including phenoxy) is 1. The summed E-state index contributed by atoms with van der Waals surface area (Å²) >= 11 is 0. The molecule has 0 spiro atoms. The molecular weight excluding hydrogens is 413 g/mol. The average Bonchev–Trinajstić information content (AvgIpc) is 3.26. The molecule has 0 radical (unpaired) electrons. The van der Waals surface area contributed by atoms with Crippen molar-refractivity contribution >= 4 is 29.9 Å². The fraction of sp³-hybridized carbons (Fsp3) is 0.632. The van der Waals surface area contributed by atoms with Crippen LogP contribution in [-0.4, -0.2) is 38.3 Å². The van der Waals surface area contributed by atoms with Crippen LogP contribution in [0.4, 0.5) is 0 Å². The Hall–Kier alpha value is -0.820. The molecule has 136 valence electrons. The van der Waals surface area contributed by atoms with Gasteiger partial charge in [0.1, 0.15) is 0 Å². The van der Waals surface area contributed by atoms with E-state index in [0.717, 1.165) is 57.4 Å². The lowest BCUT2D eigenvalue weighted by Crippen LogP contribution is -2.39. The minimum absolute atomic E-state index is 0. The Labute approximate surface area is 163 Å². The van der Waals surface area contributed by atoms with Crippen molar-refractivity contribution in [3.8, 4) is 0 Å². The highest BCUT2D eigenvalue weighted by molar-refractivity contribution is 14.0. The molecule has 0 aromatic heterocycles. The van der Waals surface area contributed by atoms with Gasteiger partial charge in [-0.15, -0.1) is 24.0 Å². The first-order chi connectivity index (χ1) is 11.3. The van der Waals surface area contributed by atoms with Crippen LogP contribution in [0.1, 0.15) is 38.7 Å². The molecule has 1 aromatic carbocycles. The Kier molecular flexibility index (Phi) is 11.1. The highest BCUT2D eigenvalue weighted by Gasteiger charge is 2.33. The molecule has 0 bridgehead atoms. The van der Waals surface area contributed by atoms with Gasteiger partial charge in [0.05, 0.1) is 6.61 Å². The first kappa shape index (κ1) is 21.2. The predicted molar refractivity (Wildman–Crippen MR) is 112 cm³/mol. The van der Waals surface area contributed by atoms with E-state index in [1.165, 1.54) is 12.0 Å². The van der Waals surface area contributed by atoms with Crippen LogP contribution in [0.15, 0.2) is 35.3 Å². The average molecular weight is 445 g/mol. The molecule has 0 amide bonds. The van der Waals surface area contributed by atoms with Crippen molar-refractivity contribution in [2.75, 3.05) is 26.3 Å². The quantitative estimate of drug-likeness (QED) is 0.250. The van der Waals surface area contributed by atoms with Crippen molar-refractivity contribution in [2.45, 2.75) is 45.6 Å². The van der Waals surface area contributed by atoms with Crippen molar-refractivity contribution < 1.29 is 4.74 Å². The fourth-order valence-electron chi connectivity index (χ4n) is 2.46. The Bertz CT molecular complexity index is 467. The van der Waals surface area contributed by atoms with E-state index in [4.69, 9.17) is 4.74 Å². The van der Waals surface area contributed by atoms with Crippen LogP contribution >= 0.6 is 24.0 Å². The Morgan fingerprint density at radius 2 is 1.96 bits per heavy atom. The van der Waals surface area contributed by atoms with Crippen molar-refractivity contribution in [3.63, 3.8) is 0 Å². The number of hydrogen-bond donors (Lipinski definition) is 2. The summed E-state index contributed by atoms with van der Waals surface area (Å²) in [5.74, 6) is 1.75. The monoisotopic (exact) mass is 445 g/mol. The first-order valence-electron chi connectivity index (χ1n) is 8.96. The number of unbranched alkanes of at least 4 members (excludes halogenated alkanes) is 1. The second-order valence-electron chi connectivity index (χ2n) is 6.28. The molecule has 5 heteroatoms. The van der Waals surface area contributed by atoms with Crippen molar-refractivity contribution in [1.82, 2.24) is 10.6 Å². The molecule has 24 heavy (non-hydrogen) atoms. The first-order valence-corrected chi connectivity index (χ1v) is 8.96. The Balaban J connectivity index is 0.00000288. The van der Waals surface area contributed by atoms with Crippen molar-refractivity contribution in [1.29, 1.82) is 0 Å². The Morgan fingerprint density at radius 3 is 2.62 bits per heavy atom. The SMILES string of the molecule is CCNC(=NCCCCOCCc1ccccc1)NC1CC1C.I. The number of rotatable bonds is 10. The van der Waals surface area contributed by atoms with Gasteiger partial charge >= 0.3 is 0 Å². The highest BCUT2D eigenvalue weighted by Crippen LogP contribution is 2.28. The van der Waals surface area contributed by atoms with E-state index < -0.39 is 0 Å². The van der Waals surface area contributed by atoms with Gasteiger partial charge in [-0.25, -0.2) is 0 Å². The summed E-state index contributed by atoms with van der Waals surface area (Å²) in [4.78, 5) is 4.63. The fourth-order valence-corrected chi connectivity index (χ4v) is 2.46. The number of benzene rings is 1. The molecule has 0 heterocycles. The van der Waals surface area contributed by atoms with Gasteiger partial charge in [0.2, 0.25) is 0 Å². The molecule has 1 fully saturated rings. The number of nitrogens with zero attached hydrogens (tertiary/aromatic N) is 1. The second kappa shape index (κ2) is 12.5. The maximum atomic E-state index is 5.70. The van der Waals surface area contributed by atoms with Crippen LogP contribution in [0.3, 0.4) is 0 Å². The van der Waals surface area contributed by atoms with Crippen LogP contribution in [0.25, 0.3) is 0 Å². The summed E-state index contributed by atoms with van der Waals surface area (Å²) in [6.45, 7) is 7.78. The summed E-state index contributed by atoms with van der Waals surface area (Å²) in [5.41, 5.74) is 1.34. The minimum Gasteiger partial charge on any atom is -0.381 e. The number of aliphatic imine (C=N–C) groups is 1. The van der Waals surface area contributed by atoms with Crippen LogP contribution < -0.4 is 10.6 Å². The van der Waals surface area contributed by atoms with E-state index in [1.54, 1.807) is 0 Å². The number of halogens is 1. The van der Waals surface area contributed by atoms with Gasteiger partial charge in [-0.05, 0) is 44.1 Å². The molecule has 0 saturated heterocycles. The van der Waals surface area contributed by atoms with E-state index in [-0.39, 0.29) is 24.0 Å². The van der Waals surface area contributed by atoms with E-state index in [1.807, 2.05) is 6.07 Å². The van der Waals surface area contributed by atoms with Gasteiger partial charge in [0.25, 0.3) is 0 Å². The number of hydrogen-bond acceptors (Lipinski definition) is 2. The molecular formula is C19H32IN3O. The molecule has 2 atom stereocenters. The third kappa shape index (κ3) is 8.87. The molecule has 4 nitrogen and oxygen atoms in total. The van der Waals surface area contributed by atoms with Crippen LogP contribution in [-0.2, 0) is 11.2 Å². The molecule has 1 aromatic rings. The zero-order chi connectivity index (χ0) is 16.3. The third-order valence-corrected chi connectivity index (χ3v) is 4.12. The standard InChI is InChI=1S/C19H31N3O.HI/c1-3-20-19(22-18-15-16(18)2)21-12-7-8-13-23-14-11-17-9-5-4-6-10-17;/h4-6,9-10,16,18H,3,7-8,11-15H2,1-2H3,(H2,20,21,22);1H. The lowest BCUT2D eigenvalue weighted by atomic mass is 10.2. The molecule has 1 saturated carbocycles. The number of nitrogens with one attached hydrogen (secondary N) is 2. The van der Waals surface area contributed by atoms with E-state index in [0.29, 0.717) is 6.04 Å². The zero-order valence-corrected chi connectivity index (χ0v) is 17.3. The van der Waals surface area contributed by atoms with Gasteiger partial charge in [0.15, 0.2) is 5.96 Å². The Morgan fingerprint density at radius 1 is 1.21 bits per heavy atom. The third-order valence-electron chi connectivity index (χ3n) is 4.12. The maximum absolute atomic E-state index is 5.70. The maximum Gasteiger partial charge on any atom is 0.191 e. The smallest absolute Gasteiger partial charge is 0.191 e. The molecule has 2 rings (SSSR count).